The van der Waals surface area contributed by atoms with E-state index < -0.39 is 0 Å². The summed E-state index contributed by atoms with van der Waals surface area (Å²) in [6.07, 6.45) is 2.27. The molecule has 1 N–H and O–H groups in total. The third-order valence-corrected chi connectivity index (χ3v) is 4.60. The first-order valence-electron chi connectivity index (χ1n) is 6.67. The Balaban J connectivity index is 2.40. The van der Waals surface area contributed by atoms with Gasteiger partial charge in [-0.05, 0) is 48.4 Å². The number of rotatable bonds is 4. The Morgan fingerprint density at radius 1 is 1.19 bits per heavy atom. The molecule has 2 nitrogen and oxygen atoms in total. The lowest BCUT2D eigenvalue weighted by molar-refractivity contribution is 0.318. The minimum absolute atomic E-state index is 0.217. The molecule has 0 radical (unpaired) electrons. The van der Waals surface area contributed by atoms with Crippen molar-refractivity contribution in [1.29, 1.82) is 0 Å². The van der Waals surface area contributed by atoms with E-state index in [-0.39, 0.29) is 5.82 Å². The van der Waals surface area contributed by atoms with Gasteiger partial charge in [0.1, 0.15) is 5.82 Å². The number of hydrogen-bond donors (Lipinski definition) is 1. The van der Waals surface area contributed by atoms with E-state index in [4.69, 9.17) is 0 Å². The second-order valence-corrected chi connectivity index (χ2v) is 5.71. The molecule has 0 amide bonds. The summed E-state index contributed by atoms with van der Waals surface area (Å²) in [5.74, 6) is -0.217. The Morgan fingerprint density at radius 3 is 2.43 bits per heavy atom. The first-order chi connectivity index (χ1) is 10.1. The van der Waals surface area contributed by atoms with E-state index >= 15 is 0 Å². The largest absolute Gasteiger partial charge is 0.411 e. The lowest BCUT2D eigenvalue weighted by atomic mass is 9.96. The van der Waals surface area contributed by atoms with Gasteiger partial charge in [0, 0.05) is 11.3 Å². The maximum Gasteiger partial charge on any atom is 0.137 e. The van der Waals surface area contributed by atoms with Crippen LogP contribution in [0.2, 0.25) is 0 Å². The smallest absolute Gasteiger partial charge is 0.137 e. The Morgan fingerprint density at radius 2 is 1.86 bits per heavy atom. The van der Waals surface area contributed by atoms with E-state index in [0.29, 0.717) is 17.0 Å². The summed E-state index contributed by atoms with van der Waals surface area (Å²) in [5, 5.41) is 12.6. The molecule has 0 aromatic heterocycles. The van der Waals surface area contributed by atoms with Crippen LogP contribution in [0.15, 0.2) is 46.4 Å². The van der Waals surface area contributed by atoms with E-state index in [1.165, 1.54) is 11.8 Å². The number of nitrogens with zero attached hydrogens (tertiary/aromatic N) is 1. The third-order valence-electron chi connectivity index (χ3n) is 3.69. The van der Waals surface area contributed by atoms with Crippen LogP contribution in [0.25, 0.3) is 0 Å². The average Bonchev–Trinajstić information content (AvgIpc) is 2.51. The van der Waals surface area contributed by atoms with E-state index in [2.05, 4.69) is 5.16 Å². The van der Waals surface area contributed by atoms with Crippen LogP contribution in [-0.2, 0) is 6.42 Å². The maximum absolute atomic E-state index is 14.1. The number of oxime groups is 1. The Labute approximate surface area is 128 Å². The minimum Gasteiger partial charge on any atom is -0.411 e. The minimum atomic E-state index is -0.217. The highest BCUT2D eigenvalue weighted by atomic mass is 32.2. The van der Waals surface area contributed by atoms with Crippen LogP contribution in [0.5, 0.6) is 0 Å². The molecule has 0 saturated heterocycles. The molecule has 2 rings (SSSR count). The van der Waals surface area contributed by atoms with E-state index in [0.717, 1.165) is 22.3 Å². The molecule has 0 spiro atoms. The van der Waals surface area contributed by atoms with Gasteiger partial charge in [0.25, 0.3) is 0 Å². The molecule has 110 valence electrons. The standard InChI is InChI=1S/C17H18FNOS/c1-11-12(2)17(21-3)15(18)9-14(11)10-16(19-20)13-7-5-4-6-8-13/h4-9,20H,10H2,1-3H3. The second-order valence-electron chi connectivity index (χ2n) is 4.89. The molecule has 0 atom stereocenters. The summed E-state index contributed by atoms with van der Waals surface area (Å²) in [6.45, 7) is 3.90. The van der Waals surface area contributed by atoms with Crippen molar-refractivity contribution in [3.05, 3.63) is 64.5 Å². The van der Waals surface area contributed by atoms with Crippen molar-refractivity contribution in [2.24, 2.45) is 5.16 Å². The quantitative estimate of drug-likeness (QED) is 0.388. The summed E-state index contributed by atoms with van der Waals surface area (Å²) in [4.78, 5) is 0.679. The van der Waals surface area contributed by atoms with E-state index in [9.17, 15) is 9.60 Å². The topological polar surface area (TPSA) is 32.6 Å². The zero-order valence-electron chi connectivity index (χ0n) is 12.4. The predicted molar refractivity (Wildman–Crippen MR) is 86.1 cm³/mol. The van der Waals surface area contributed by atoms with E-state index in [1.54, 1.807) is 6.07 Å². The van der Waals surface area contributed by atoms with Gasteiger partial charge in [0.2, 0.25) is 0 Å². The van der Waals surface area contributed by atoms with Gasteiger partial charge in [-0.3, -0.25) is 0 Å². The van der Waals surface area contributed by atoms with Crippen molar-refractivity contribution in [2.75, 3.05) is 6.26 Å². The zero-order valence-corrected chi connectivity index (χ0v) is 13.2. The number of hydrogen-bond acceptors (Lipinski definition) is 3. The molecule has 21 heavy (non-hydrogen) atoms. The summed E-state index contributed by atoms with van der Waals surface area (Å²) in [7, 11) is 0. The Kier molecular flexibility index (Phi) is 5.02. The third kappa shape index (κ3) is 3.27. The molecular weight excluding hydrogens is 285 g/mol. The molecule has 0 aliphatic carbocycles. The van der Waals surface area contributed by atoms with Crippen LogP contribution in [0.3, 0.4) is 0 Å². The van der Waals surface area contributed by atoms with Crippen molar-refractivity contribution in [1.82, 2.24) is 0 Å². The molecule has 0 aliphatic heterocycles. The summed E-state index contributed by atoms with van der Waals surface area (Å²) in [6, 6.07) is 11.0. The summed E-state index contributed by atoms with van der Waals surface area (Å²) >= 11 is 1.41. The van der Waals surface area contributed by atoms with Crippen LogP contribution in [0, 0.1) is 19.7 Å². The highest BCUT2D eigenvalue weighted by Crippen LogP contribution is 2.29. The molecule has 0 heterocycles. The predicted octanol–water partition coefficient (Wildman–Crippen LogP) is 4.59. The van der Waals surface area contributed by atoms with Crippen LogP contribution in [-0.4, -0.2) is 17.2 Å². The van der Waals surface area contributed by atoms with Crippen LogP contribution in [0.4, 0.5) is 4.39 Å². The Bertz CT molecular complexity index is 668. The summed E-state index contributed by atoms with van der Waals surface area (Å²) in [5.41, 5.74) is 4.21. The molecule has 0 aliphatic rings. The molecule has 0 fully saturated rings. The van der Waals surface area contributed by atoms with Gasteiger partial charge in [0.15, 0.2) is 0 Å². The maximum atomic E-state index is 14.1. The van der Waals surface area contributed by atoms with Gasteiger partial charge in [-0.2, -0.15) is 0 Å². The van der Waals surface area contributed by atoms with Crippen LogP contribution in [0.1, 0.15) is 22.3 Å². The molecule has 0 unspecified atom stereocenters. The van der Waals surface area contributed by atoms with Gasteiger partial charge in [0.05, 0.1) is 5.71 Å². The molecule has 4 heteroatoms. The first-order valence-corrected chi connectivity index (χ1v) is 7.89. The average molecular weight is 303 g/mol. The lowest BCUT2D eigenvalue weighted by Crippen LogP contribution is -2.08. The van der Waals surface area contributed by atoms with Gasteiger partial charge in [-0.25, -0.2) is 4.39 Å². The van der Waals surface area contributed by atoms with Crippen LogP contribution < -0.4 is 0 Å². The molecule has 2 aromatic carbocycles. The molecule has 0 bridgehead atoms. The van der Waals surface area contributed by atoms with Crippen molar-refractivity contribution in [3.8, 4) is 0 Å². The first kappa shape index (κ1) is 15.6. The van der Waals surface area contributed by atoms with Crippen molar-refractivity contribution in [2.45, 2.75) is 25.2 Å². The molecule has 0 saturated carbocycles. The second kappa shape index (κ2) is 6.76. The molecular formula is C17H18FNOS. The Hall–Kier alpha value is -1.81. The van der Waals surface area contributed by atoms with Gasteiger partial charge in [-0.15, -0.1) is 11.8 Å². The fraction of sp³-hybridized carbons (Fsp3) is 0.235. The zero-order chi connectivity index (χ0) is 15.4. The number of benzene rings is 2. The van der Waals surface area contributed by atoms with Crippen molar-refractivity contribution < 1.29 is 9.60 Å². The fourth-order valence-electron chi connectivity index (χ4n) is 2.36. The van der Waals surface area contributed by atoms with E-state index in [1.807, 2.05) is 50.4 Å². The highest BCUT2D eigenvalue weighted by molar-refractivity contribution is 7.98. The lowest BCUT2D eigenvalue weighted by Gasteiger charge is -2.14. The highest BCUT2D eigenvalue weighted by Gasteiger charge is 2.14. The van der Waals surface area contributed by atoms with Crippen molar-refractivity contribution in [3.63, 3.8) is 0 Å². The molecule has 2 aromatic rings. The van der Waals surface area contributed by atoms with Crippen molar-refractivity contribution >= 4 is 17.5 Å². The fourth-order valence-corrected chi connectivity index (χ4v) is 3.07. The van der Waals surface area contributed by atoms with Gasteiger partial charge < -0.3 is 5.21 Å². The van der Waals surface area contributed by atoms with Crippen LogP contribution >= 0.6 is 11.8 Å². The summed E-state index contributed by atoms with van der Waals surface area (Å²) < 4.78 is 14.1. The SMILES string of the molecule is CSc1c(F)cc(CC(=NO)c2ccccc2)c(C)c1C. The number of thioether (sulfide) groups is 1. The van der Waals surface area contributed by atoms with Gasteiger partial charge >= 0.3 is 0 Å². The van der Waals surface area contributed by atoms with Gasteiger partial charge in [-0.1, -0.05) is 35.5 Å². The normalized spacial score (nSPS) is 11.7. The monoisotopic (exact) mass is 303 g/mol. The number of halogens is 1.